The molecule has 0 aliphatic carbocycles. The van der Waals surface area contributed by atoms with Gasteiger partial charge in [-0.15, -0.1) is 0 Å². The average molecular weight is 272 g/mol. The first kappa shape index (κ1) is 13.1. The van der Waals surface area contributed by atoms with Crippen LogP contribution in [-0.2, 0) is 19.5 Å². The number of rotatable bonds is 3. The molecule has 0 atom stereocenters. The Morgan fingerprint density at radius 2 is 2.30 bits per heavy atom. The maximum Gasteiger partial charge on any atom is 0.255 e. The molecule has 1 aliphatic rings. The van der Waals surface area contributed by atoms with E-state index in [1.165, 1.54) is 5.69 Å². The van der Waals surface area contributed by atoms with E-state index in [0.717, 1.165) is 36.6 Å². The minimum Gasteiger partial charge on any atom is -0.364 e. The number of fused-ring (bicyclic) bond motifs is 1. The molecule has 0 saturated heterocycles. The van der Waals surface area contributed by atoms with Crippen molar-refractivity contribution in [3.8, 4) is 0 Å². The number of nitrogens with one attached hydrogen (secondary N) is 2. The molecule has 3 rings (SSSR count). The summed E-state index contributed by atoms with van der Waals surface area (Å²) >= 11 is 0. The normalized spacial score (nSPS) is 15.6. The van der Waals surface area contributed by atoms with Gasteiger partial charge in [0.15, 0.2) is 0 Å². The third-order valence-electron chi connectivity index (χ3n) is 3.77. The van der Waals surface area contributed by atoms with Crippen LogP contribution >= 0.6 is 0 Å². The molecule has 5 heteroatoms. The fourth-order valence-corrected chi connectivity index (χ4v) is 2.62. The van der Waals surface area contributed by atoms with Crippen LogP contribution in [0.4, 0.5) is 0 Å². The summed E-state index contributed by atoms with van der Waals surface area (Å²) < 4.78 is 0. The summed E-state index contributed by atoms with van der Waals surface area (Å²) in [5, 5.41) is 0. The Kier molecular flexibility index (Phi) is 3.44. The van der Waals surface area contributed by atoms with Gasteiger partial charge in [0.05, 0.1) is 11.3 Å². The van der Waals surface area contributed by atoms with E-state index in [2.05, 4.69) is 25.9 Å². The van der Waals surface area contributed by atoms with Gasteiger partial charge in [-0.3, -0.25) is 9.69 Å². The van der Waals surface area contributed by atoms with E-state index in [9.17, 15) is 4.79 Å². The molecule has 5 nitrogen and oxygen atoms in total. The Hall–Kier alpha value is -1.88. The Morgan fingerprint density at radius 3 is 3.00 bits per heavy atom. The average Bonchev–Trinajstić information content (AvgIpc) is 2.92. The van der Waals surface area contributed by atoms with Crippen LogP contribution in [0.1, 0.15) is 42.5 Å². The second-order valence-electron chi connectivity index (χ2n) is 5.69. The van der Waals surface area contributed by atoms with Crippen LogP contribution in [0, 0.1) is 0 Å². The first-order chi connectivity index (χ1) is 9.63. The lowest BCUT2D eigenvalue weighted by Gasteiger charge is -2.27. The van der Waals surface area contributed by atoms with Gasteiger partial charge in [0.2, 0.25) is 0 Å². The third-order valence-corrected chi connectivity index (χ3v) is 3.77. The summed E-state index contributed by atoms with van der Waals surface area (Å²) in [5.41, 5.74) is 3.00. The van der Waals surface area contributed by atoms with Crippen molar-refractivity contribution in [1.29, 1.82) is 0 Å². The lowest BCUT2D eigenvalue weighted by Crippen LogP contribution is -2.36. The predicted molar refractivity (Wildman–Crippen MR) is 77.6 cm³/mol. The van der Waals surface area contributed by atoms with Gasteiger partial charge in [-0.25, -0.2) is 4.98 Å². The van der Waals surface area contributed by atoms with Crippen LogP contribution in [0.5, 0.6) is 0 Å². The number of aromatic nitrogens is 3. The summed E-state index contributed by atoms with van der Waals surface area (Å²) in [6, 6.07) is 4.07. The van der Waals surface area contributed by atoms with E-state index in [1.54, 1.807) is 0 Å². The van der Waals surface area contributed by atoms with E-state index in [0.29, 0.717) is 6.54 Å². The molecule has 2 N–H and O–H groups in total. The molecule has 2 aromatic rings. The van der Waals surface area contributed by atoms with E-state index in [4.69, 9.17) is 0 Å². The SMILES string of the molecule is CC(C)c1nc2c(c(=O)[nH]1)CN(Cc1ccc[nH]1)CC2. The molecule has 106 valence electrons. The van der Waals surface area contributed by atoms with E-state index < -0.39 is 0 Å². The quantitative estimate of drug-likeness (QED) is 0.895. The molecule has 20 heavy (non-hydrogen) atoms. The lowest BCUT2D eigenvalue weighted by molar-refractivity contribution is 0.239. The minimum atomic E-state index is 0.0230. The standard InChI is InChI=1S/C15H20N4O/c1-10(2)14-17-13-5-7-19(8-11-4-3-6-16-11)9-12(13)15(20)18-14/h3-4,6,10,16H,5,7-9H2,1-2H3,(H,17,18,20). The molecule has 0 fully saturated rings. The van der Waals surface area contributed by atoms with Crippen molar-refractivity contribution < 1.29 is 0 Å². The molecule has 0 bridgehead atoms. The molecule has 0 saturated carbocycles. The summed E-state index contributed by atoms with van der Waals surface area (Å²) in [6.07, 6.45) is 2.77. The van der Waals surface area contributed by atoms with Crippen molar-refractivity contribution in [2.45, 2.75) is 39.3 Å². The Balaban J connectivity index is 1.83. The number of nitrogens with zero attached hydrogens (tertiary/aromatic N) is 2. The van der Waals surface area contributed by atoms with Gasteiger partial charge in [-0.2, -0.15) is 0 Å². The largest absolute Gasteiger partial charge is 0.364 e. The maximum absolute atomic E-state index is 12.2. The highest BCUT2D eigenvalue weighted by atomic mass is 16.1. The van der Waals surface area contributed by atoms with Crippen LogP contribution < -0.4 is 5.56 Å². The second kappa shape index (κ2) is 5.25. The van der Waals surface area contributed by atoms with Crippen molar-refractivity contribution in [3.05, 3.63) is 51.5 Å². The van der Waals surface area contributed by atoms with Gasteiger partial charge >= 0.3 is 0 Å². The Morgan fingerprint density at radius 1 is 1.45 bits per heavy atom. The number of aromatic amines is 2. The first-order valence-corrected chi connectivity index (χ1v) is 7.10. The molecule has 0 amide bonds. The fourth-order valence-electron chi connectivity index (χ4n) is 2.62. The van der Waals surface area contributed by atoms with Gasteiger partial charge in [-0.05, 0) is 12.1 Å². The van der Waals surface area contributed by atoms with E-state index in [-0.39, 0.29) is 11.5 Å². The van der Waals surface area contributed by atoms with Crippen LogP contribution in [-0.4, -0.2) is 26.4 Å². The third kappa shape index (κ3) is 2.54. The van der Waals surface area contributed by atoms with Crippen LogP contribution in [0.2, 0.25) is 0 Å². The topological polar surface area (TPSA) is 64.8 Å². The summed E-state index contributed by atoms with van der Waals surface area (Å²) in [6.45, 7) is 6.56. The molecule has 0 radical (unpaired) electrons. The predicted octanol–water partition coefficient (Wildman–Crippen LogP) is 1.78. The number of H-pyrrole nitrogens is 2. The second-order valence-corrected chi connectivity index (χ2v) is 5.69. The zero-order chi connectivity index (χ0) is 14.1. The molecule has 3 heterocycles. The summed E-state index contributed by atoms with van der Waals surface area (Å²) in [7, 11) is 0. The Labute approximate surface area is 118 Å². The van der Waals surface area contributed by atoms with Gasteiger partial charge < -0.3 is 9.97 Å². The van der Waals surface area contributed by atoms with Crippen LogP contribution in [0.3, 0.4) is 0 Å². The number of hydrogen-bond acceptors (Lipinski definition) is 3. The molecule has 2 aromatic heterocycles. The van der Waals surface area contributed by atoms with E-state index >= 15 is 0 Å². The highest BCUT2D eigenvalue weighted by Crippen LogP contribution is 2.17. The molecule has 0 unspecified atom stereocenters. The molecular formula is C15H20N4O. The zero-order valence-electron chi connectivity index (χ0n) is 11.9. The highest BCUT2D eigenvalue weighted by molar-refractivity contribution is 5.22. The molecule has 1 aliphatic heterocycles. The lowest BCUT2D eigenvalue weighted by atomic mass is 10.1. The van der Waals surface area contributed by atoms with Gasteiger partial charge in [0.25, 0.3) is 5.56 Å². The van der Waals surface area contributed by atoms with Crippen molar-refractivity contribution >= 4 is 0 Å². The van der Waals surface area contributed by atoms with Crippen molar-refractivity contribution in [2.24, 2.45) is 0 Å². The van der Waals surface area contributed by atoms with Crippen molar-refractivity contribution in [2.75, 3.05) is 6.54 Å². The summed E-state index contributed by atoms with van der Waals surface area (Å²) in [5.74, 6) is 1.05. The zero-order valence-corrected chi connectivity index (χ0v) is 11.9. The highest BCUT2D eigenvalue weighted by Gasteiger charge is 2.21. The minimum absolute atomic E-state index is 0.0230. The van der Waals surface area contributed by atoms with Crippen molar-refractivity contribution in [1.82, 2.24) is 19.9 Å². The maximum atomic E-state index is 12.2. The van der Waals surface area contributed by atoms with Gasteiger partial charge in [0.1, 0.15) is 5.82 Å². The molecule has 0 spiro atoms. The number of hydrogen-bond donors (Lipinski definition) is 2. The smallest absolute Gasteiger partial charge is 0.255 e. The Bertz CT molecular complexity index is 642. The first-order valence-electron chi connectivity index (χ1n) is 7.10. The fraction of sp³-hybridized carbons (Fsp3) is 0.467. The van der Waals surface area contributed by atoms with E-state index in [1.807, 2.05) is 26.1 Å². The summed E-state index contributed by atoms with van der Waals surface area (Å²) in [4.78, 5) is 25.2. The molecular weight excluding hydrogens is 252 g/mol. The van der Waals surface area contributed by atoms with Gasteiger partial charge in [-0.1, -0.05) is 13.8 Å². The van der Waals surface area contributed by atoms with Crippen LogP contribution in [0.25, 0.3) is 0 Å². The molecule has 0 aromatic carbocycles. The van der Waals surface area contributed by atoms with Crippen LogP contribution in [0.15, 0.2) is 23.1 Å². The monoisotopic (exact) mass is 272 g/mol. The van der Waals surface area contributed by atoms with Gasteiger partial charge in [0, 0.05) is 43.9 Å². The van der Waals surface area contributed by atoms with Crippen molar-refractivity contribution in [3.63, 3.8) is 0 Å².